The lowest BCUT2D eigenvalue weighted by molar-refractivity contribution is 0.0693. The molecule has 2 aliphatic heterocycles. The van der Waals surface area contributed by atoms with Gasteiger partial charge in [-0.2, -0.15) is 9.78 Å². The summed E-state index contributed by atoms with van der Waals surface area (Å²) in [5.41, 5.74) is 7.92. The third-order valence-electron chi connectivity index (χ3n) is 8.41. The van der Waals surface area contributed by atoms with Crippen LogP contribution in [0.5, 0.6) is 11.6 Å². The molecule has 1 unspecified atom stereocenters. The standard InChI is InChI=1S/C33H37N5O4/c1-21-7-4-9-26(29-10-5-11-30(36-29)38-32(41-3)27(18-35-38)33(39)40)31(21)42-20-23-15-22(2)28-19-37(14-12-24(28)16-23)25-8-6-13-34-17-25/h4-5,7,9-11,15-16,18,25,34H,6,8,12-14,17,19-20H2,1-3H3,(H,39,40). The zero-order chi connectivity index (χ0) is 29.2. The molecule has 2 N–H and O–H groups in total. The van der Waals surface area contributed by atoms with Gasteiger partial charge in [0.1, 0.15) is 17.9 Å². The minimum atomic E-state index is -1.11. The Hall–Kier alpha value is -4.21. The molecule has 218 valence electrons. The largest absolute Gasteiger partial charge is 0.488 e. The minimum absolute atomic E-state index is 0.0247. The van der Waals surface area contributed by atoms with E-state index in [1.54, 1.807) is 6.07 Å². The van der Waals surface area contributed by atoms with Crippen molar-refractivity contribution in [2.45, 2.75) is 52.3 Å². The van der Waals surface area contributed by atoms with E-state index in [4.69, 9.17) is 14.5 Å². The Balaban J connectivity index is 1.24. The van der Waals surface area contributed by atoms with Gasteiger partial charge < -0.3 is 19.9 Å². The van der Waals surface area contributed by atoms with Crippen LogP contribution in [0.1, 0.15) is 51.0 Å². The fraction of sp³-hybridized carbons (Fsp3) is 0.364. The summed E-state index contributed by atoms with van der Waals surface area (Å²) in [6.45, 7) is 9.06. The molecule has 1 atom stereocenters. The number of nitrogens with one attached hydrogen (secondary N) is 1. The molecule has 0 amide bonds. The van der Waals surface area contributed by atoms with Gasteiger partial charge in [0.05, 0.1) is 19.0 Å². The number of hydrogen-bond acceptors (Lipinski definition) is 7. The van der Waals surface area contributed by atoms with E-state index in [9.17, 15) is 9.90 Å². The molecule has 2 aliphatic rings. The number of pyridine rings is 1. The van der Waals surface area contributed by atoms with Crippen molar-refractivity contribution in [1.29, 1.82) is 0 Å². The van der Waals surface area contributed by atoms with E-state index in [1.807, 2.05) is 37.3 Å². The van der Waals surface area contributed by atoms with Crippen LogP contribution in [0.25, 0.3) is 17.1 Å². The maximum Gasteiger partial charge on any atom is 0.342 e. The number of piperidine rings is 1. The van der Waals surface area contributed by atoms with Crippen LogP contribution < -0.4 is 14.8 Å². The number of aromatic nitrogens is 3. The molecule has 0 saturated carbocycles. The molecule has 1 fully saturated rings. The second-order valence-electron chi connectivity index (χ2n) is 11.2. The van der Waals surface area contributed by atoms with Crippen LogP contribution in [0.3, 0.4) is 0 Å². The maximum atomic E-state index is 11.6. The monoisotopic (exact) mass is 567 g/mol. The number of fused-ring (bicyclic) bond motifs is 1. The fourth-order valence-electron chi connectivity index (χ4n) is 6.24. The Labute approximate surface area is 246 Å². The van der Waals surface area contributed by atoms with Crippen molar-refractivity contribution >= 4 is 5.97 Å². The van der Waals surface area contributed by atoms with Crippen LogP contribution in [0.15, 0.2) is 54.7 Å². The van der Waals surface area contributed by atoms with Gasteiger partial charge in [0.25, 0.3) is 0 Å². The van der Waals surface area contributed by atoms with Gasteiger partial charge in [-0.15, -0.1) is 0 Å². The average molecular weight is 568 g/mol. The molecule has 0 spiro atoms. The molecule has 0 radical (unpaired) electrons. The smallest absolute Gasteiger partial charge is 0.342 e. The molecule has 4 aromatic rings. The summed E-state index contributed by atoms with van der Waals surface area (Å²) in [6, 6.07) is 16.8. The molecule has 4 heterocycles. The number of nitrogens with zero attached hydrogens (tertiary/aromatic N) is 4. The number of ether oxygens (including phenoxy) is 2. The molecule has 2 aromatic carbocycles. The van der Waals surface area contributed by atoms with Crippen molar-refractivity contribution in [3.63, 3.8) is 0 Å². The zero-order valence-corrected chi connectivity index (χ0v) is 24.4. The predicted molar refractivity (Wildman–Crippen MR) is 161 cm³/mol. The third-order valence-corrected chi connectivity index (χ3v) is 8.41. The van der Waals surface area contributed by atoms with Crippen molar-refractivity contribution in [2.75, 3.05) is 26.7 Å². The quantitative estimate of drug-likeness (QED) is 0.309. The second kappa shape index (κ2) is 12.0. The van der Waals surface area contributed by atoms with Crippen LogP contribution in [-0.2, 0) is 19.6 Å². The molecule has 42 heavy (non-hydrogen) atoms. The Kier molecular flexibility index (Phi) is 7.95. The van der Waals surface area contributed by atoms with Crippen LogP contribution in [-0.4, -0.2) is 63.5 Å². The Morgan fingerprint density at radius 2 is 2.00 bits per heavy atom. The first kappa shape index (κ1) is 27.9. The number of aromatic carboxylic acids is 1. The molecule has 9 heteroatoms. The number of benzene rings is 2. The second-order valence-corrected chi connectivity index (χ2v) is 11.2. The number of carboxylic acids is 1. The van der Waals surface area contributed by atoms with Crippen molar-refractivity contribution in [3.05, 3.63) is 88.1 Å². The zero-order valence-electron chi connectivity index (χ0n) is 24.4. The van der Waals surface area contributed by atoms with Gasteiger partial charge in [-0.3, -0.25) is 4.90 Å². The maximum absolute atomic E-state index is 11.6. The van der Waals surface area contributed by atoms with E-state index in [1.165, 1.54) is 47.5 Å². The summed E-state index contributed by atoms with van der Waals surface area (Å²) in [7, 11) is 1.42. The van der Waals surface area contributed by atoms with Gasteiger partial charge in [-0.05, 0) is 85.7 Å². The highest BCUT2D eigenvalue weighted by Crippen LogP contribution is 2.34. The summed E-state index contributed by atoms with van der Waals surface area (Å²) in [6.07, 6.45) is 4.87. The van der Waals surface area contributed by atoms with Crippen LogP contribution in [0.2, 0.25) is 0 Å². The molecule has 6 rings (SSSR count). The molecule has 0 bridgehead atoms. The van der Waals surface area contributed by atoms with Gasteiger partial charge in [-0.1, -0.05) is 30.3 Å². The van der Waals surface area contributed by atoms with Gasteiger partial charge in [-0.25, -0.2) is 9.78 Å². The van der Waals surface area contributed by atoms with E-state index in [0.717, 1.165) is 55.0 Å². The highest BCUT2D eigenvalue weighted by atomic mass is 16.5. The van der Waals surface area contributed by atoms with E-state index >= 15 is 0 Å². The lowest BCUT2D eigenvalue weighted by atomic mass is 9.91. The molecule has 2 aromatic heterocycles. The molecular formula is C33H37N5O4. The van der Waals surface area contributed by atoms with Crippen molar-refractivity contribution in [3.8, 4) is 28.7 Å². The summed E-state index contributed by atoms with van der Waals surface area (Å²) >= 11 is 0. The summed E-state index contributed by atoms with van der Waals surface area (Å²) < 4.78 is 13.3. The Bertz CT molecular complexity index is 1610. The number of rotatable bonds is 8. The van der Waals surface area contributed by atoms with Gasteiger partial charge in [0.15, 0.2) is 5.82 Å². The Morgan fingerprint density at radius 1 is 1.14 bits per heavy atom. The highest BCUT2D eigenvalue weighted by molar-refractivity contribution is 5.90. The number of carbonyl (C=O) groups is 1. The van der Waals surface area contributed by atoms with E-state index in [0.29, 0.717) is 24.2 Å². The topological polar surface area (TPSA) is 102 Å². The third kappa shape index (κ3) is 5.49. The van der Waals surface area contributed by atoms with E-state index in [2.05, 4.69) is 34.4 Å². The van der Waals surface area contributed by atoms with Crippen LogP contribution >= 0.6 is 0 Å². The number of carboxylic acid groups (broad SMARTS) is 1. The lowest BCUT2D eigenvalue weighted by Gasteiger charge is -2.38. The first-order chi connectivity index (χ1) is 20.4. The van der Waals surface area contributed by atoms with Gasteiger partial charge in [0, 0.05) is 31.2 Å². The first-order valence-corrected chi connectivity index (χ1v) is 14.5. The molecule has 9 nitrogen and oxygen atoms in total. The summed E-state index contributed by atoms with van der Waals surface area (Å²) in [5, 5.41) is 17.3. The summed E-state index contributed by atoms with van der Waals surface area (Å²) in [5.74, 6) is 0.230. The van der Waals surface area contributed by atoms with Gasteiger partial charge >= 0.3 is 5.97 Å². The SMILES string of the molecule is COc1c(C(=O)O)cnn1-c1cccc(-c2cccc(C)c2OCc2cc(C)c3c(c2)CCN(C2CCCNC2)C3)n1. The minimum Gasteiger partial charge on any atom is -0.488 e. The van der Waals surface area contributed by atoms with Crippen molar-refractivity contribution in [2.24, 2.45) is 0 Å². The van der Waals surface area contributed by atoms with E-state index < -0.39 is 5.97 Å². The first-order valence-electron chi connectivity index (χ1n) is 14.5. The number of hydrogen-bond donors (Lipinski definition) is 2. The van der Waals surface area contributed by atoms with Gasteiger partial charge in [0.2, 0.25) is 5.88 Å². The predicted octanol–water partition coefficient (Wildman–Crippen LogP) is 4.95. The molecule has 0 aliphatic carbocycles. The Morgan fingerprint density at radius 3 is 2.79 bits per heavy atom. The van der Waals surface area contributed by atoms with E-state index in [-0.39, 0.29) is 11.4 Å². The fourth-order valence-corrected chi connectivity index (χ4v) is 6.24. The normalized spacial score (nSPS) is 17.1. The van der Waals surface area contributed by atoms with Crippen LogP contribution in [0.4, 0.5) is 0 Å². The van der Waals surface area contributed by atoms with Crippen molar-refractivity contribution in [1.82, 2.24) is 25.0 Å². The van der Waals surface area contributed by atoms with Crippen LogP contribution in [0, 0.1) is 13.8 Å². The number of para-hydroxylation sites is 1. The average Bonchev–Trinajstić information content (AvgIpc) is 3.46. The number of methoxy groups -OCH3 is 1. The van der Waals surface area contributed by atoms with Crippen molar-refractivity contribution < 1.29 is 19.4 Å². The molecule has 1 saturated heterocycles. The molecular weight excluding hydrogens is 530 g/mol. The highest BCUT2D eigenvalue weighted by Gasteiger charge is 2.26. The number of aryl methyl sites for hydroxylation is 2. The summed E-state index contributed by atoms with van der Waals surface area (Å²) in [4.78, 5) is 19.0. The lowest BCUT2D eigenvalue weighted by Crippen LogP contribution is -2.47.